The molecule has 114 valence electrons. The predicted molar refractivity (Wildman–Crippen MR) is 83.6 cm³/mol. The lowest BCUT2D eigenvalue weighted by molar-refractivity contribution is -0.124. The van der Waals surface area contributed by atoms with Crippen molar-refractivity contribution in [2.45, 2.75) is 18.9 Å². The highest BCUT2D eigenvalue weighted by atomic mass is 127. The molecule has 0 aromatic heterocycles. The quantitative estimate of drug-likeness (QED) is 0.729. The molecule has 2 rings (SSSR count). The highest BCUT2D eigenvalue weighted by Crippen LogP contribution is 2.21. The van der Waals surface area contributed by atoms with Gasteiger partial charge in [-0.2, -0.15) is 0 Å². The molecular formula is C14H16INO5. The third kappa shape index (κ3) is 4.85. The van der Waals surface area contributed by atoms with Gasteiger partial charge in [-0.05, 0) is 53.6 Å². The van der Waals surface area contributed by atoms with E-state index in [2.05, 4.69) is 5.32 Å². The van der Waals surface area contributed by atoms with Crippen LogP contribution in [-0.4, -0.2) is 42.8 Å². The maximum absolute atomic E-state index is 11.8. The van der Waals surface area contributed by atoms with Crippen molar-refractivity contribution in [2.24, 2.45) is 0 Å². The summed E-state index contributed by atoms with van der Waals surface area (Å²) in [6, 6.07) is 4.91. The molecule has 0 aliphatic carbocycles. The molecule has 1 saturated heterocycles. The molecule has 0 saturated carbocycles. The molecule has 0 unspecified atom stereocenters. The van der Waals surface area contributed by atoms with E-state index in [1.807, 2.05) is 22.6 Å². The normalized spacial score (nSPS) is 15.5. The molecule has 1 heterocycles. The number of nitrogens with one attached hydrogen (secondary N) is 1. The van der Waals surface area contributed by atoms with E-state index in [1.165, 1.54) is 6.07 Å². The number of carboxylic acids is 1. The first-order chi connectivity index (χ1) is 10.1. The Hall–Kier alpha value is -1.35. The van der Waals surface area contributed by atoms with Gasteiger partial charge in [0.05, 0.1) is 0 Å². The Morgan fingerprint density at radius 1 is 1.38 bits per heavy atom. The molecule has 0 atom stereocenters. The summed E-state index contributed by atoms with van der Waals surface area (Å²) >= 11 is 2.02. The smallest absolute Gasteiger partial charge is 0.339 e. The molecule has 1 fully saturated rings. The van der Waals surface area contributed by atoms with Crippen LogP contribution in [0.15, 0.2) is 18.2 Å². The van der Waals surface area contributed by atoms with Crippen LogP contribution in [0.4, 0.5) is 0 Å². The molecule has 1 aliphatic heterocycles. The molecular weight excluding hydrogens is 389 g/mol. The fourth-order valence-electron chi connectivity index (χ4n) is 2.05. The van der Waals surface area contributed by atoms with E-state index < -0.39 is 5.97 Å². The van der Waals surface area contributed by atoms with Gasteiger partial charge >= 0.3 is 5.97 Å². The van der Waals surface area contributed by atoms with Crippen molar-refractivity contribution in [2.75, 3.05) is 19.8 Å². The predicted octanol–water partition coefficient (Wildman–Crippen LogP) is 1.66. The van der Waals surface area contributed by atoms with Crippen LogP contribution in [-0.2, 0) is 9.53 Å². The summed E-state index contributed by atoms with van der Waals surface area (Å²) in [4.78, 5) is 22.9. The van der Waals surface area contributed by atoms with E-state index in [1.54, 1.807) is 12.1 Å². The van der Waals surface area contributed by atoms with Crippen LogP contribution in [0.2, 0.25) is 0 Å². The fourth-order valence-corrected chi connectivity index (χ4v) is 2.54. The number of halogens is 1. The van der Waals surface area contributed by atoms with Crippen LogP contribution < -0.4 is 10.1 Å². The Balaban J connectivity index is 1.90. The van der Waals surface area contributed by atoms with Crippen molar-refractivity contribution in [1.29, 1.82) is 0 Å². The number of rotatable bonds is 5. The summed E-state index contributed by atoms with van der Waals surface area (Å²) in [6.07, 6.45) is 1.57. The first-order valence-corrected chi connectivity index (χ1v) is 7.67. The van der Waals surface area contributed by atoms with E-state index in [9.17, 15) is 9.59 Å². The minimum atomic E-state index is -1.08. The third-order valence-electron chi connectivity index (χ3n) is 3.12. The summed E-state index contributed by atoms with van der Waals surface area (Å²) < 4.78 is 11.3. The van der Waals surface area contributed by atoms with Crippen molar-refractivity contribution in [3.63, 3.8) is 0 Å². The third-order valence-corrected chi connectivity index (χ3v) is 3.79. The van der Waals surface area contributed by atoms with Crippen LogP contribution in [0, 0.1) is 3.57 Å². The first-order valence-electron chi connectivity index (χ1n) is 6.59. The van der Waals surface area contributed by atoms with Gasteiger partial charge in [-0.25, -0.2) is 4.79 Å². The minimum Gasteiger partial charge on any atom is -0.483 e. The molecule has 1 aliphatic rings. The average molecular weight is 405 g/mol. The van der Waals surface area contributed by atoms with E-state index in [-0.39, 0.29) is 29.9 Å². The number of carbonyl (C=O) groups excluding carboxylic acids is 1. The SMILES string of the molecule is O=C(COc1ccc(I)cc1C(=O)O)NC1CCOCC1. The zero-order valence-electron chi connectivity index (χ0n) is 11.3. The second-order valence-corrected chi connectivity index (χ2v) is 5.93. The zero-order chi connectivity index (χ0) is 15.2. The minimum absolute atomic E-state index is 0.0563. The van der Waals surface area contributed by atoms with Gasteiger partial charge in [0.25, 0.3) is 5.91 Å². The van der Waals surface area contributed by atoms with Crippen molar-refractivity contribution in [1.82, 2.24) is 5.32 Å². The van der Waals surface area contributed by atoms with Crippen molar-refractivity contribution >= 4 is 34.5 Å². The molecule has 1 aromatic carbocycles. The van der Waals surface area contributed by atoms with E-state index >= 15 is 0 Å². The van der Waals surface area contributed by atoms with Gasteiger partial charge in [0.1, 0.15) is 11.3 Å². The van der Waals surface area contributed by atoms with Crippen LogP contribution in [0.3, 0.4) is 0 Å². The van der Waals surface area contributed by atoms with Gasteiger partial charge in [0.2, 0.25) is 0 Å². The standard InChI is InChI=1S/C14H16INO5/c15-9-1-2-12(11(7-9)14(18)19)21-8-13(17)16-10-3-5-20-6-4-10/h1-2,7,10H,3-6,8H2,(H,16,17)(H,18,19). The van der Waals surface area contributed by atoms with E-state index in [4.69, 9.17) is 14.6 Å². The Bertz CT molecular complexity index is 528. The van der Waals surface area contributed by atoms with Crippen molar-refractivity contribution in [3.05, 3.63) is 27.3 Å². The number of amides is 1. The maximum Gasteiger partial charge on any atom is 0.339 e. The fraction of sp³-hybridized carbons (Fsp3) is 0.429. The monoisotopic (exact) mass is 405 g/mol. The number of aromatic carboxylic acids is 1. The molecule has 6 nitrogen and oxygen atoms in total. The van der Waals surface area contributed by atoms with Crippen LogP contribution >= 0.6 is 22.6 Å². The number of hydrogen-bond donors (Lipinski definition) is 2. The molecule has 0 bridgehead atoms. The van der Waals surface area contributed by atoms with Crippen LogP contribution in [0.25, 0.3) is 0 Å². The molecule has 0 spiro atoms. The summed E-state index contributed by atoms with van der Waals surface area (Å²) in [6.45, 7) is 1.09. The number of carboxylic acid groups (broad SMARTS) is 1. The number of hydrogen-bond acceptors (Lipinski definition) is 4. The molecule has 21 heavy (non-hydrogen) atoms. The molecule has 2 N–H and O–H groups in total. The average Bonchev–Trinajstić information content (AvgIpc) is 2.47. The second kappa shape index (κ2) is 7.60. The second-order valence-electron chi connectivity index (χ2n) is 4.69. The van der Waals surface area contributed by atoms with Crippen LogP contribution in [0.5, 0.6) is 5.75 Å². The van der Waals surface area contributed by atoms with Gasteiger partial charge in [-0.3, -0.25) is 4.79 Å². The lowest BCUT2D eigenvalue weighted by Gasteiger charge is -2.23. The van der Waals surface area contributed by atoms with E-state index in [0.29, 0.717) is 13.2 Å². The number of benzene rings is 1. The molecule has 1 amide bonds. The maximum atomic E-state index is 11.8. The van der Waals surface area contributed by atoms with Gasteiger partial charge in [-0.15, -0.1) is 0 Å². The first kappa shape index (κ1) is 16.0. The van der Waals surface area contributed by atoms with Gasteiger partial charge in [0, 0.05) is 22.8 Å². The van der Waals surface area contributed by atoms with Crippen molar-refractivity contribution in [3.8, 4) is 5.75 Å². The Labute approximate surface area is 136 Å². The highest BCUT2D eigenvalue weighted by molar-refractivity contribution is 14.1. The van der Waals surface area contributed by atoms with E-state index in [0.717, 1.165) is 16.4 Å². The Morgan fingerprint density at radius 3 is 2.76 bits per heavy atom. The number of carbonyl (C=O) groups is 2. The molecule has 7 heteroatoms. The van der Waals surface area contributed by atoms with Crippen LogP contribution in [0.1, 0.15) is 23.2 Å². The summed E-state index contributed by atoms with van der Waals surface area (Å²) in [5.41, 5.74) is 0.0563. The number of ether oxygens (including phenoxy) is 2. The molecule has 0 radical (unpaired) electrons. The van der Waals surface area contributed by atoms with Gasteiger partial charge < -0.3 is 19.9 Å². The Morgan fingerprint density at radius 2 is 2.10 bits per heavy atom. The van der Waals surface area contributed by atoms with Gasteiger partial charge in [0.15, 0.2) is 6.61 Å². The summed E-state index contributed by atoms with van der Waals surface area (Å²) in [5.74, 6) is -1.13. The lowest BCUT2D eigenvalue weighted by atomic mass is 10.1. The van der Waals surface area contributed by atoms with Crippen molar-refractivity contribution < 1.29 is 24.2 Å². The highest BCUT2D eigenvalue weighted by Gasteiger charge is 2.17. The summed E-state index contributed by atoms with van der Waals surface area (Å²) in [7, 11) is 0. The lowest BCUT2D eigenvalue weighted by Crippen LogP contribution is -2.41. The largest absolute Gasteiger partial charge is 0.483 e. The topological polar surface area (TPSA) is 84.9 Å². The Kier molecular flexibility index (Phi) is 5.80. The zero-order valence-corrected chi connectivity index (χ0v) is 13.5. The molecule has 1 aromatic rings. The van der Waals surface area contributed by atoms with Gasteiger partial charge in [-0.1, -0.05) is 0 Å². The summed E-state index contributed by atoms with van der Waals surface area (Å²) in [5, 5.41) is 12.0.